The van der Waals surface area contributed by atoms with Crippen molar-refractivity contribution in [2.45, 2.75) is 0 Å². The number of hydrogen-bond donors (Lipinski definition) is 0. The van der Waals surface area contributed by atoms with Crippen molar-refractivity contribution in [3.05, 3.63) is 269 Å². The zero-order valence-electron chi connectivity index (χ0n) is 30.6. The van der Waals surface area contributed by atoms with Gasteiger partial charge in [-0.25, -0.2) is 15.0 Å². The van der Waals surface area contributed by atoms with E-state index in [1.54, 1.807) is 0 Å². The molecule has 0 aliphatic heterocycles. The van der Waals surface area contributed by atoms with Gasteiger partial charge in [0.15, 0.2) is 5.78 Å². The van der Waals surface area contributed by atoms with Crippen molar-refractivity contribution in [3.8, 4) is 0 Å². The topological polar surface area (TPSA) is 54.1 Å². The van der Waals surface area contributed by atoms with Gasteiger partial charge in [0.25, 0.3) is 0 Å². The van der Waals surface area contributed by atoms with E-state index in [1.807, 2.05) is 140 Å². The average molecular weight is 720 g/mol. The largest absolute Gasteiger partial charge is 0.289 e. The Morgan fingerprint density at radius 1 is 0.232 bits per heavy atom. The molecule has 8 rings (SSSR count). The summed E-state index contributed by atoms with van der Waals surface area (Å²) in [6.45, 7) is 0. The first-order valence-corrected chi connectivity index (χ1v) is 18.6. The molecule has 0 aliphatic rings. The Labute approximate surface area is 327 Å². The van der Waals surface area contributed by atoms with E-state index in [9.17, 15) is 4.79 Å². The van der Waals surface area contributed by atoms with Crippen molar-refractivity contribution < 1.29 is 4.79 Å². The smallest absolute Gasteiger partial charge is 0.193 e. The Hall–Kier alpha value is -7.56. The summed E-state index contributed by atoms with van der Waals surface area (Å²) >= 11 is 0. The molecule has 8 aromatic carbocycles. The summed E-state index contributed by atoms with van der Waals surface area (Å²) in [5, 5.41) is 0. The van der Waals surface area contributed by atoms with Crippen LogP contribution in [0.2, 0.25) is 0 Å². The Morgan fingerprint density at radius 2 is 0.429 bits per heavy atom. The Morgan fingerprint density at radius 3 is 0.696 bits per heavy atom. The molecule has 8 aromatic rings. The average Bonchev–Trinajstić information content (AvgIpc) is 3.28. The van der Waals surface area contributed by atoms with Crippen LogP contribution in [-0.4, -0.2) is 22.9 Å². The Balaban J connectivity index is 1.11. The van der Waals surface area contributed by atoms with Crippen molar-refractivity contribution in [1.82, 2.24) is 0 Å². The van der Waals surface area contributed by atoms with Crippen LogP contribution in [0.3, 0.4) is 0 Å². The number of carbonyl (C=O) groups is 1. The SMILES string of the molecule is O=C(c1ccccc1)c1ccc(N=C(c2ccccc2)c2ccc(N=C(c3ccccc3)c3ccc(N=C(c4ccccc4)c4ccccc4)cc3)cc2)cc1. The predicted octanol–water partition coefficient (Wildman–Crippen LogP) is 12.4. The maximum absolute atomic E-state index is 13.0. The minimum atomic E-state index is -0.0138. The second-order valence-corrected chi connectivity index (χ2v) is 13.2. The van der Waals surface area contributed by atoms with Crippen molar-refractivity contribution in [1.29, 1.82) is 0 Å². The lowest BCUT2D eigenvalue weighted by Crippen LogP contribution is -2.04. The molecule has 0 spiro atoms. The molecule has 0 heterocycles. The highest BCUT2D eigenvalue weighted by atomic mass is 16.1. The third kappa shape index (κ3) is 8.46. The molecule has 0 radical (unpaired) electrons. The highest BCUT2D eigenvalue weighted by Gasteiger charge is 2.13. The van der Waals surface area contributed by atoms with Crippen LogP contribution >= 0.6 is 0 Å². The molecule has 4 heteroatoms. The van der Waals surface area contributed by atoms with Gasteiger partial charge in [0, 0.05) is 44.5 Å². The molecule has 4 nitrogen and oxygen atoms in total. The van der Waals surface area contributed by atoms with Crippen molar-refractivity contribution in [2.75, 3.05) is 0 Å². The molecule has 0 aliphatic carbocycles. The van der Waals surface area contributed by atoms with E-state index >= 15 is 0 Å². The van der Waals surface area contributed by atoms with Gasteiger partial charge in [0.2, 0.25) is 0 Å². The van der Waals surface area contributed by atoms with Gasteiger partial charge in [-0.15, -0.1) is 0 Å². The Kier molecular flexibility index (Phi) is 10.8. The van der Waals surface area contributed by atoms with Gasteiger partial charge in [-0.1, -0.05) is 176 Å². The van der Waals surface area contributed by atoms with E-state index in [0.29, 0.717) is 11.1 Å². The lowest BCUT2D eigenvalue weighted by atomic mass is 10.00. The maximum Gasteiger partial charge on any atom is 0.193 e. The zero-order valence-corrected chi connectivity index (χ0v) is 30.6. The molecule has 0 unspecified atom stereocenters. The fourth-order valence-corrected chi connectivity index (χ4v) is 6.49. The number of aliphatic imine (C=N–C) groups is 3. The first-order chi connectivity index (χ1) is 27.7. The molecule has 0 atom stereocenters. The molecule has 0 bridgehead atoms. The standard InChI is InChI=1S/C52H37N3O/c56-52(44-24-14-5-15-25-44)45-30-36-48(37-31-45)55-51(41-22-12-4-13-23-41)43-28-34-47(35-29-43)54-50(40-20-10-3-11-21-40)42-26-32-46(33-27-42)53-49(38-16-6-1-7-17-38)39-18-8-2-9-19-39/h1-37H. The summed E-state index contributed by atoms with van der Waals surface area (Å²) < 4.78 is 0. The van der Waals surface area contributed by atoms with E-state index in [0.717, 1.165) is 67.6 Å². The Bertz CT molecular complexity index is 2580. The molecule has 0 saturated carbocycles. The van der Waals surface area contributed by atoms with Crippen LogP contribution in [0.25, 0.3) is 0 Å². The van der Waals surface area contributed by atoms with Gasteiger partial charge in [0.05, 0.1) is 34.2 Å². The first kappa shape index (κ1) is 35.5. The van der Waals surface area contributed by atoms with Crippen molar-refractivity contribution >= 4 is 40.0 Å². The van der Waals surface area contributed by atoms with Crippen molar-refractivity contribution in [3.63, 3.8) is 0 Å². The summed E-state index contributed by atoms with van der Waals surface area (Å²) in [6, 6.07) is 74.2. The van der Waals surface area contributed by atoms with Gasteiger partial charge >= 0.3 is 0 Å². The molecule has 0 fully saturated rings. The van der Waals surface area contributed by atoms with E-state index in [-0.39, 0.29) is 5.78 Å². The van der Waals surface area contributed by atoms with E-state index in [1.165, 1.54) is 0 Å². The maximum atomic E-state index is 13.0. The van der Waals surface area contributed by atoms with Crippen LogP contribution in [0.4, 0.5) is 17.1 Å². The van der Waals surface area contributed by atoms with Gasteiger partial charge < -0.3 is 0 Å². The van der Waals surface area contributed by atoms with Gasteiger partial charge in [0.1, 0.15) is 0 Å². The summed E-state index contributed by atoms with van der Waals surface area (Å²) in [7, 11) is 0. The summed E-state index contributed by atoms with van der Waals surface area (Å²) in [4.78, 5) is 28.4. The number of nitrogens with zero attached hydrogens (tertiary/aromatic N) is 3. The summed E-state index contributed by atoms with van der Waals surface area (Å²) in [5.74, 6) is -0.0138. The molecule has 0 amide bonds. The van der Waals surface area contributed by atoms with Gasteiger partial charge in [-0.3, -0.25) is 4.79 Å². The molecule has 266 valence electrons. The second-order valence-electron chi connectivity index (χ2n) is 13.2. The summed E-state index contributed by atoms with van der Waals surface area (Å²) in [5.41, 5.74) is 12.4. The highest BCUT2D eigenvalue weighted by molar-refractivity contribution is 6.16. The normalized spacial score (nSPS) is 11.5. The third-order valence-corrected chi connectivity index (χ3v) is 9.36. The predicted molar refractivity (Wildman–Crippen MR) is 231 cm³/mol. The molecular formula is C52H37N3O. The first-order valence-electron chi connectivity index (χ1n) is 18.6. The number of benzene rings is 8. The van der Waals surface area contributed by atoms with Crippen LogP contribution in [0.15, 0.2) is 239 Å². The number of hydrogen-bond acceptors (Lipinski definition) is 4. The molecular weight excluding hydrogens is 683 g/mol. The lowest BCUT2D eigenvalue weighted by Gasteiger charge is -2.11. The number of rotatable bonds is 11. The lowest BCUT2D eigenvalue weighted by molar-refractivity contribution is 0.103. The van der Waals surface area contributed by atoms with Crippen LogP contribution in [0.1, 0.15) is 49.3 Å². The molecule has 0 saturated heterocycles. The molecule has 0 N–H and O–H groups in total. The van der Waals surface area contributed by atoms with E-state index in [4.69, 9.17) is 15.0 Å². The third-order valence-electron chi connectivity index (χ3n) is 9.36. The minimum absolute atomic E-state index is 0.0138. The summed E-state index contributed by atoms with van der Waals surface area (Å²) in [6.07, 6.45) is 0. The highest BCUT2D eigenvalue weighted by Crippen LogP contribution is 2.25. The van der Waals surface area contributed by atoms with Crippen LogP contribution in [0.5, 0.6) is 0 Å². The van der Waals surface area contributed by atoms with E-state index < -0.39 is 0 Å². The zero-order chi connectivity index (χ0) is 37.9. The molecule has 56 heavy (non-hydrogen) atoms. The van der Waals surface area contributed by atoms with Crippen LogP contribution in [0, 0.1) is 0 Å². The van der Waals surface area contributed by atoms with Crippen LogP contribution < -0.4 is 0 Å². The number of carbonyl (C=O) groups excluding carboxylic acids is 1. The fourth-order valence-electron chi connectivity index (χ4n) is 6.49. The monoisotopic (exact) mass is 719 g/mol. The quantitative estimate of drug-likeness (QED) is 0.0970. The van der Waals surface area contributed by atoms with Gasteiger partial charge in [-0.05, 0) is 48.5 Å². The second kappa shape index (κ2) is 17.1. The van der Waals surface area contributed by atoms with Gasteiger partial charge in [-0.2, -0.15) is 0 Å². The minimum Gasteiger partial charge on any atom is -0.289 e. The number of ketones is 1. The van der Waals surface area contributed by atoms with Crippen LogP contribution in [-0.2, 0) is 0 Å². The molecule has 0 aromatic heterocycles. The fraction of sp³-hybridized carbons (Fsp3) is 0. The van der Waals surface area contributed by atoms with E-state index in [2.05, 4.69) is 84.9 Å². The van der Waals surface area contributed by atoms with Crippen molar-refractivity contribution in [2.24, 2.45) is 15.0 Å².